The van der Waals surface area contributed by atoms with Crippen molar-refractivity contribution in [3.05, 3.63) is 0 Å². The maximum Gasteiger partial charge on any atom is 0.407 e. The summed E-state index contributed by atoms with van der Waals surface area (Å²) in [6, 6.07) is 0. The van der Waals surface area contributed by atoms with E-state index in [0.29, 0.717) is 32.0 Å². The summed E-state index contributed by atoms with van der Waals surface area (Å²) < 4.78 is 9.71. The van der Waals surface area contributed by atoms with Gasteiger partial charge in [-0.3, -0.25) is 9.79 Å². The number of aliphatic imine (C=N–C) groups is 1. The fraction of sp³-hybridized carbons (Fsp3) is 0.800. The van der Waals surface area contributed by atoms with Crippen molar-refractivity contribution in [3.63, 3.8) is 0 Å². The molecular formula is C15H30N4O4. The monoisotopic (exact) mass is 330 g/mol. The summed E-state index contributed by atoms with van der Waals surface area (Å²) in [6.45, 7) is 9.62. The molecule has 0 aliphatic rings. The zero-order valence-electron chi connectivity index (χ0n) is 14.8. The van der Waals surface area contributed by atoms with Crippen LogP contribution in [0.2, 0.25) is 0 Å². The van der Waals surface area contributed by atoms with Gasteiger partial charge in [-0.25, -0.2) is 4.79 Å². The summed E-state index contributed by atoms with van der Waals surface area (Å²) in [5.41, 5.74) is -0.496. The standard InChI is InChI=1S/C15H30N4O4/c1-6-16-13(18-11-8-12(20)22-5)17-9-7-10-19-14(21)23-15(2,3)4/h6-11H2,1-5H3,(H,19,21)(H2,16,17,18). The molecule has 0 unspecified atom stereocenters. The van der Waals surface area contributed by atoms with E-state index in [-0.39, 0.29) is 12.4 Å². The molecule has 134 valence electrons. The number of carbonyl (C=O) groups excluding carboxylic acids is 2. The second kappa shape index (κ2) is 11.6. The minimum absolute atomic E-state index is 0.269. The van der Waals surface area contributed by atoms with Gasteiger partial charge >= 0.3 is 12.1 Å². The van der Waals surface area contributed by atoms with E-state index in [2.05, 4.69) is 25.7 Å². The molecule has 8 heteroatoms. The van der Waals surface area contributed by atoms with Crippen molar-refractivity contribution in [1.82, 2.24) is 16.0 Å². The Morgan fingerprint density at radius 3 is 2.35 bits per heavy atom. The number of nitrogens with one attached hydrogen (secondary N) is 3. The Balaban J connectivity index is 3.97. The van der Waals surface area contributed by atoms with Crippen LogP contribution < -0.4 is 16.0 Å². The lowest BCUT2D eigenvalue weighted by atomic mass is 10.2. The van der Waals surface area contributed by atoms with E-state index in [1.165, 1.54) is 7.11 Å². The van der Waals surface area contributed by atoms with Gasteiger partial charge in [-0.05, 0) is 34.1 Å². The van der Waals surface area contributed by atoms with E-state index in [4.69, 9.17) is 4.74 Å². The molecule has 0 aliphatic carbocycles. The Morgan fingerprint density at radius 1 is 1.09 bits per heavy atom. The van der Waals surface area contributed by atoms with Gasteiger partial charge in [0.1, 0.15) is 5.60 Å². The Bertz CT molecular complexity index is 391. The number of methoxy groups -OCH3 is 1. The maximum atomic E-state index is 11.5. The van der Waals surface area contributed by atoms with Gasteiger partial charge in [-0.15, -0.1) is 0 Å². The number of hydrogen-bond acceptors (Lipinski definition) is 5. The van der Waals surface area contributed by atoms with Crippen LogP contribution in [0.15, 0.2) is 4.99 Å². The van der Waals surface area contributed by atoms with Gasteiger partial charge in [0, 0.05) is 26.2 Å². The van der Waals surface area contributed by atoms with Gasteiger partial charge < -0.3 is 25.4 Å². The third-order valence-electron chi connectivity index (χ3n) is 2.47. The van der Waals surface area contributed by atoms with Crippen LogP contribution in [0.5, 0.6) is 0 Å². The number of guanidine groups is 1. The third kappa shape index (κ3) is 13.4. The van der Waals surface area contributed by atoms with Crippen molar-refractivity contribution in [2.24, 2.45) is 4.99 Å². The number of esters is 1. The van der Waals surface area contributed by atoms with Crippen molar-refractivity contribution in [2.75, 3.05) is 33.3 Å². The van der Waals surface area contributed by atoms with Gasteiger partial charge in [0.15, 0.2) is 5.96 Å². The zero-order valence-corrected chi connectivity index (χ0v) is 14.8. The van der Waals surface area contributed by atoms with Crippen molar-refractivity contribution in [3.8, 4) is 0 Å². The summed E-state index contributed by atoms with van der Waals surface area (Å²) in [4.78, 5) is 26.9. The first-order valence-corrected chi connectivity index (χ1v) is 7.84. The van der Waals surface area contributed by atoms with Gasteiger partial charge in [-0.1, -0.05) is 0 Å². The van der Waals surface area contributed by atoms with Gasteiger partial charge in [0.2, 0.25) is 0 Å². The number of rotatable bonds is 8. The first-order valence-electron chi connectivity index (χ1n) is 7.84. The molecule has 0 aromatic carbocycles. The molecule has 3 N–H and O–H groups in total. The highest BCUT2D eigenvalue weighted by molar-refractivity contribution is 5.80. The molecule has 0 bridgehead atoms. The van der Waals surface area contributed by atoms with E-state index < -0.39 is 11.7 Å². The Morgan fingerprint density at radius 2 is 1.78 bits per heavy atom. The molecule has 0 aromatic rings. The maximum absolute atomic E-state index is 11.5. The normalized spacial score (nSPS) is 11.6. The van der Waals surface area contributed by atoms with Crippen LogP contribution in [0.4, 0.5) is 4.79 Å². The Labute approximate surface area is 138 Å². The first-order chi connectivity index (χ1) is 10.8. The van der Waals surface area contributed by atoms with Crippen LogP contribution in [0, 0.1) is 0 Å². The fourth-order valence-electron chi connectivity index (χ4n) is 1.50. The molecule has 0 aliphatic heterocycles. The second-order valence-corrected chi connectivity index (χ2v) is 5.80. The molecule has 0 spiro atoms. The van der Waals surface area contributed by atoms with Crippen LogP contribution in [0.3, 0.4) is 0 Å². The molecule has 0 atom stereocenters. The smallest absolute Gasteiger partial charge is 0.407 e. The third-order valence-corrected chi connectivity index (χ3v) is 2.47. The predicted octanol–water partition coefficient (Wildman–Crippen LogP) is 1.02. The molecule has 0 aromatic heterocycles. The lowest BCUT2D eigenvalue weighted by Crippen LogP contribution is -2.38. The Kier molecular flexibility index (Phi) is 10.6. The van der Waals surface area contributed by atoms with Crippen molar-refractivity contribution in [1.29, 1.82) is 0 Å². The number of hydrogen-bond donors (Lipinski definition) is 3. The van der Waals surface area contributed by atoms with E-state index in [1.807, 2.05) is 27.7 Å². The van der Waals surface area contributed by atoms with E-state index in [1.54, 1.807) is 0 Å². The van der Waals surface area contributed by atoms with Crippen LogP contribution in [0.25, 0.3) is 0 Å². The average Bonchev–Trinajstić information content (AvgIpc) is 2.44. The molecule has 0 fully saturated rings. The highest BCUT2D eigenvalue weighted by atomic mass is 16.6. The fourth-order valence-corrected chi connectivity index (χ4v) is 1.50. The van der Waals surface area contributed by atoms with Crippen molar-refractivity contribution in [2.45, 2.75) is 46.1 Å². The second-order valence-electron chi connectivity index (χ2n) is 5.80. The van der Waals surface area contributed by atoms with E-state index >= 15 is 0 Å². The molecular weight excluding hydrogens is 300 g/mol. The molecule has 1 amide bonds. The van der Waals surface area contributed by atoms with Crippen LogP contribution in [0.1, 0.15) is 40.5 Å². The SMILES string of the molecule is CCNC(=NCCCNC(=O)OC(C)(C)C)NCCC(=O)OC. The topological polar surface area (TPSA) is 101 Å². The summed E-state index contributed by atoms with van der Waals surface area (Å²) in [7, 11) is 1.36. The average molecular weight is 330 g/mol. The molecule has 23 heavy (non-hydrogen) atoms. The van der Waals surface area contributed by atoms with E-state index in [0.717, 1.165) is 6.54 Å². The summed E-state index contributed by atoms with van der Waals surface area (Å²) in [5, 5.41) is 8.80. The lowest BCUT2D eigenvalue weighted by Gasteiger charge is -2.19. The molecule has 0 saturated heterocycles. The molecule has 0 saturated carbocycles. The summed E-state index contributed by atoms with van der Waals surface area (Å²) in [5.74, 6) is 0.364. The lowest BCUT2D eigenvalue weighted by molar-refractivity contribution is -0.140. The molecule has 8 nitrogen and oxygen atoms in total. The van der Waals surface area contributed by atoms with Crippen molar-refractivity contribution < 1.29 is 19.1 Å². The Hall–Kier alpha value is -1.99. The van der Waals surface area contributed by atoms with Crippen LogP contribution in [-0.4, -0.2) is 56.9 Å². The zero-order chi connectivity index (χ0) is 17.7. The van der Waals surface area contributed by atoms with Crippen LogP contribution >= 0.6 is 0 Å². The number of ether oxygens (including phenoxy) is 2. The summed E-state index contributed by atoms with van der Waals surface area (Å²) in [6.07, 6.45) is 0.540. The number of carbonyl (C=O) groups is 2. The highest BCUT2D eigenvalue weighted by Crippen LogP contribution is 2.06. The van der Waals surface area contributed by atoms with Crippen LogP contribution in [-0.2, 0) is 14.3 Å². The van der Waals surface area contributed by atoms with Gasteiger partial charge in [0.05, 0.1) is 13.5 Å². The highest BCUT2D eigenvalue weighted by Gasteiger charge is 2.15. The molecule has 0 heterocycles. The summed E-state index contributed by atoms with van der Waals surface area (Å²) >= 11 is 0. The predicted molar refractivity (Wildman–Crippen MR) is 89.5 cm³/mol. The first kappa shape index (κ1) is 21.0. The molecule has 0 radical (unpaired) electrons. The van der Waals surface area contributed by atoms with Gasteiger partial charge in [0.25, 0.3) is 0 Å². The largest absolute Gasteiger partial charge is 0.469 e. The molecule has 0 rings (SSSR count). The number of alkyl carbamates (subject to hydrolysis) is 1. The van der Waals surface area contributed by atoms with E-state index in [9.17, 15) is 9.59 Å². The van der Waals surface area contributed by atoms with Crippen molar-refractivity contribution >= 4 is 18.0 Å². The number of amides is 1. The quantitative estimate of drug-likeness (QED) is 0.266. The minimum Gasteiger partial charge on any atom is -0.469 e. The minimum atomic E-state index is -0.496. The van der Waals surface area contributed by atoms with Gasteiger partial charge in [-0.2, -0.15) is 0 Å². The number of nitrogens with zero attached hydrogens (tertiary/aromatic N) is 1.